The van der Waals surface area contributed by atoms with E-state index in [1.54, 1.807) is 0 Å². The van der Waals surface area contributed by atoms with Crippen molar-refractivity contribution in [2.75, 3.05) is 22.7 Å². The predicted octanol–water partition coefficient (Wildman–Crippen LogP) is 2.06. The van der Waals surface area contributed by atoms with Crippen LogP contribution in [0.4, 0.5) is 25.0 Å². The topological polar surface area (TPSA) is 151 Å². The van der Waals surface area contributed by atoms with E-state index in [1.807, 2.05) is 0 Å². The molecule has 10 nitrogen and oxygen atoms in total. The number of rotatable bonds is 7. The Bertz CT molecular complexity index is 1180. The van der Waals surface area contributed by atoms with E-state index in [2.05, 4.69) is 10.6 Å². The number of carbonyl (C=O) groups is 2. The summed E-state index contributed by atoms with van der Waals surface area (Å²) in [7, 11) is -4.23. The zero-order valence-corrected chi connectivity index (χ0v) is 19.1. The highest BCUT2D eigenvalue weighted by Crippen LogP contribution is 2.39. The molecule has 5 N–H and O–H groups in total. The fourth-order valence-electron chi connectivity index (χ4n) is 3.22. The second-order valence-corrected chi connectivity index (χ2v) is 9.99. The molecular formula is C21H24F2N4O6S. The number of carboxylic acid groups (broad SMARTS) is 1. The molecule has 34 heavy (non-hydrogen) atoms. The van der Waals surface area contributed by atoms with Crippen molar-refractivity contribution >= 4 is 33.4 Å². The molecule has 1 heterocycles. The Labute approximate surface area is 194 Å². The van der Waals surface area contributed by atoms with E-state index < -0.39 is 45.7 Å². The van der Waals surface area contributed by atoms with Crippen molar-refractivity contribution in [3.63, 3.8) is 0 Å². The molecule has 1 aliphatic rings. The highest BCUT2D eigenvalue weighted by Gasteiger charge is 2.36. The fraction of sp³-hybridized carbons (Fsp3) is 0.333. The maximum atomic E-state index is 14.0. The first-order chi connectivity index (χ1) is 15.8. The number of sulfonamides is 1. The minimum Gasteiger partial charge on any atom is -0.484 e. The number of halogens is 2. The summed E-state index contributed by atoms with van der Waals surface area (Å²) in [6, 6.07) is 6.75. The molecular weight excluding hydrogens is 474 g/mol. The van der Waals surface area contributed by atoms with Gasteiger partial charge in [0.05, 0.1) is 23.7 Å². The fourth-order valence-corrected chi connectivity index (χ4v) is 4.72. The summed E-state index contributed by atoms with van der Waals surface area (Å²) in [5.41, 5.74) is 3.77. The maximum absolute atomic E-state index is 14.0. The summed E-state index contributed by atoms with van der Waals surface area (Å²) in [6.07, 6.45) is -2.24. The van der Waals surface area contributed by atoms with Gasteiger partial charge in [0.15, 0.2) is 0 Å². The van der Waals surface area contributed by atoms with Crippen LogP contribution in [0.2, 0.25) is 0 Å². The molecule has 184 valence electrons. The van der Waals surface area contributed by atoms with Crippen LogP contribution in [0.1, 0.15) is 13.8 Å². The molecule has 0 spiro atoms. The largest absolute Gasteiger partial charge is 0.484 e. The third kappa shape index (κ3) is 5.54. The summed E-state index contributed by atoms with van der Waals surface area (Å²) in [5, 5.41) is 13.6. The lowest BCUT2D eigenvalue weighted by Gasteiger charge is -2.36. The van der Waals surface area contributed by atoms with E-state index in [1.165, 1.54) is 18.2 Å². The molecule has 0 aliphatic carbocycles. The van der Waals surface area contributed by atoms with Crippen molar-refractivity contribution < 1.29 is 36.6 Å². The summed E-state index contributed by atoms with van der Waals surface area (Å²) < 4.78 is 60.8. The van der Waals surface area contributed by atoms with Gasteiger partial charge < -0.3 is 20.9 Å². The van der Waals surface area contributed by atoms with Crippen LogP contribution < -0.4 is 25.4 Å². The van der Waals surface area contributed by atoms with Gasteiger partial charge in [0.1, 0.15) is 29.4 Å². The van der Waals surface area contributed by atoms with Crippen LogP contribution in [-0.2, 0) is 14.8 Å². The normalized spacial score (nSPS) is 16.7. The van der Waals surface area contributed by atoms with Gasteiger partial charge in [-0.3, -0.25) is 14.4 Å². The standard InChI is InChI=1S/C21H24F2N4O6S/c1-21(2,23)18(24)19(28)25-10-14-11-27(34(31,32)15-6-3-12(22)4-7-15)16-9-13(26-20(29)30)5-8-17(16)33-14/h3-9,14,18,26H,10-11,24H2,1-2H3,(H,25,28)(H,29,30)/t14-,18?/m0/s1. The maximum Gasteiger partial charge on any atom is 0.409 e. The number of carbonyl (C=O) groups excluding carboxylic acids is 1. The van der Waals surface area contributed by atoms with Gasteiger partial charge in [-0.1, -0.05) is 0 Å². The molecule has 2 amide bonds. The Kier molecular flexibility index (Phi) is 6.98. The number of nitrogens with zero attached hydrogens (tertiary/aromatic N) is 1. The molecule has 3 rings (SSSR count). The molecule has 0 aromatic heterocycles. The van der Waals surface area contributed by atoms with E-state index >= 15 is 0 Å². The lowest BCUT2D eigenvalue weighted by Crippen LogP contribution is -2.54. The first-order valence-corrected chi connectivity index (χ1v) is 11.5. The number of hydrogen-bond donors (Lipinski definition) is 4. The van der Waals surface area contributed by atoms with Gasteiger partial charge in [0, 0.05) is 5.69 Å². The lowest BCUT2D eigenvalue weighted by molar-refractivity contribution is -0.125. The quantitative estimate of drug-likeness (QED) is 0.456. The molecule has 13 heteroatoms. The van der Waals surface area contributed by atoms with Crippen molar-refractivity contribution in [1.82, 2.24) is 5.32 Å². The van der Waals surface area contributed by atoms with Gasteiger partial charge >= 0.3 is 6.09 Å². The third-order valence-corrected chi connectivity index (χ3v) is 6.86. The number of ether oxygens (including phenoxy) is 1. The number of alkyl halides is 1. The second-order valence-electron chi connectivity index (χ2n) is 8.13. The number of amides is 2. The van der Waals surface area contributed by atoms with Crippen LogP contribution in [0.5, 0.6) is 5.75 Å². The Balaban J connectivity index is 1.93. The average Bonchev–Trinajstić information content (AvgIpc) is 2.75. The Morgan fingerprint density at radius 3 is 2.50 bits per heavy atom. The third-order valence-electron chi connectivity index (χ3n) is 5.07. The summed E-state index contributed by atoms with van der Waals surface area (Å²) in [5.74, 6) is -1.31. The van der Waals surface area contributed by atoms with Crippen LogP contribution in [0, 0.1) is 5.82 Å². The van der Waals surface area contributed by atoms with Crippen LogP contribution in [-0.4, -0.2) is 56.4 Å². The number of nitrogens with two attached hydrogens (primary N) is 1. The minimum absolute atomic E-state index is 0.0414. The van der Waals surface area contributed by atoms with Crippen molar-refractivity contribution in [3.05, 3.63) is 48.3 Å². The van der Waals surface area contributed by atoms with Crippen LogP contribution >= 0.6 is 0 Å². The van der Waals surface area contributed by atoms with Crippen LogP contribution in [0.15, 0.2) is 47.4 Å². The van der Waals surface area contributed by atoms with Crippen LogP contribution in [0.25, 0.3) is 0 Å². The van der Waals surface area contributed by atoms with E-state index in [4.69, 9.17) is 15.6 Å². The van der Waals surface area contributed by atoms with Gasteiger partial charge in [0.2, 0.25) is 5.91 Å². The van der Waals surface area contributed by atoms with E-state index in [0.29, 0.717) is 0 Å². The highest BCUT2D eigenvalue weighted by atomic mass is 32.2. The molecule has 0 radical (unpaired) electrons. The van der Waals surface area contributed by atoms with Crippen molar-refractivity contribution in [2.45, 2.75) is 36.6 Å². The summed E-state index contributed by atoms with van der Waals surface area (Å²) in [6.45, 7) is 1.85. The predicted molar refractivity (Wildman–Crippen MR) is 120 cm³/mol. The number of fused-ring (bicyclic) bond motifs is 1. The first-order valence-electron chi connectivity index (χ1n) is 10.1. The second kappa shape index (κ2) is 9.43. The average molecular weight is 499 g/mol. The van der Waals surface area contributed by atoms with Gasteiger partial charge in [-0.25, -0.2) is 22.0 Å². The minimum atomic E-state index is -4.23. The van der Waals surface area contributed by atoms with Gasteiger partial charge in [0.25, 0.3) is 10.0 Å². The number of nitrogens with one attached hydrogen (secondary N) is 2. The van der Waals surface area contributed by atoms with Crippen LogP contribution in [0.3, 0.4) is 0 Å². The number of anilines is 2. The lowest BCUT2D eigenvalue weighted by atomic mass is 10.0. The van der Waals surface area contributed by atoms with E-state index in [-0.39, 0.29) is 35.1 Å². The van der Waals surface area contributed by atoms with Gasteiger partial charge in [-0.2, -0.15) is 0 Å². The molecule has 1 unspecified atom stereocenters. The molecule has 1 aliphatic heterocycles. The monoisotopic (exact) mass is 498 g/mol. The number of benzene rings is 2. The van der Waals surface area contributed by atoms with Gasteiger partial charge in [-0.15, -0.1) is 0 Å². The number of hydrogen-bond acceptors (Lipinski definition) is 6. The zero-order valence-electron chi connectivity index (χ0n) is 18.3. The molecule has 0 saturated heterocycles. The smallest absolute Gasteiger partial charge is 0.409 e. The van der Waals surface area contributed by atoms with E-state index in [9.17, 15) is 26.8 Å². The molecule has 0 saturated carbocycles. The molecule has 2 aromatic rings. The molecule has 2 atom stereocenters. The molecule has 2 aromatic carbocycles. The van der Waals surface area contributed by atoms with Gasteiger partial charge in [-0.05, 0) is 56.3 Å². The SMILES string of the molecule is CC(C)(F)C(N)C(=O)NC[C@H]1CN(S(=O)(=O)c2ccc(F)cc2)c2cc(NC(=O)O)ccc2O1. The van der Waals surface area contributed by atoms with Crippen molar-refractivity contribution in [3.8, 4) is 5.75 Å². The van der Waals surface area contributed by atoms with Crippen molar-refractivity contribution in [1.29, 1.82) is 0 Å². The zero-order chi connectivity index (χ0) is 25.3. The Morgan fingerprint density at radius 1 is 1.26 bits per heavy atom. The van der Waals surface area contributed by atoms with E-state index in [0.717, 1.165) is 42.4 Å². The Morgan fingerprint density at radius 2 is 1.91 bits per heavy atom. The summed E-state index contributed by atoms with van der Waals surface area (Å²) in [4.78, 5) is 23.0. The highest BCUT2D eigenvalue weighted by molar-refractivity contribution is 7.92. The first kappa shape index (κ1) is 25.2. The Hall–Kier alpha value is -3.45. The molecule has 0 fully saturated rings. The van der Waals surface area contributed by atoms with Crippen molar-refractivity contribution in [2.24, 2.45) is 5.73 Å². The molecule has 0 bridgehead atoms. The summed E-state index contributed by atoms with van der Waals surface area (Å²) >= 11 is 0.